The fraction of sp³-hybridized carbons (Fsp3) is 0.500. The van der Waals surface area contributed by atoms with Crippen molar-refractivity contribution < 1.29 is 19.4 Å². The molecule has 6 nitrogen and oxygen atoms in total. The van der Waals surface area contributed by atoms with E-state index in [2.05, 4.69) is 0 Å². The number of benzene rings is 1. The number of amides is 1. The standard InChI is InChI=1S/C16H20N2O4/c17-13(10-5-7-22-8-6-10)15(19)18-9-11-3-1-2-4-12(11)14(18)16(20)21/h1-4,10,13-14H,5-9,17H2,(H,20,21)/t13-,14-/m0/s1. The number of carboxylic acids is 1. The third kappa shape index (κ3) is 2.60. The SMILES string of the molecule is N[C@H](C(=O)N1Cc2ccccc2[C@H]1C(=O)O)C1CCOCC1. The van der Waals surface area contributed by atoms with Gasteiger partial charge in [-0.3, -0.25) is 4.79 Å². The Kier molecular flexibility index (Phi) is 4.13. The lowest BCUT2D eigenvalue weighted by atomic mass is 9.91. The number of nitrogens with zero attached hydrogens (tertiary/aromatic N) is 1. The molecule has 1 aromatic carbocycles. The quantitative estimate of drug-likeness (QED) is 0.866. The average molecular weight is 304 g/mol. The molecule has 1 amide bonds. The third-order valence-electron chi connectivity index (χ3n) is 4.58. The molecule has 2 aliphatic heterocycles. The second kappa shape index (κ2) is 6.06. The topological polar surface area (TPSA) is 92.9 Å². The van der Waals surface area contributed by atoms with E-state index in [0.717, 1.165) is 18.4 Å². The van der Waals surface area contributed by atoms with Crippen molar-refractivity contribution >= 4 is 11.9 Å². The van der Waals surface area contributed by atoms with Crippen LogP contribution in [0.2, 0.25) is 0 Å². The van der Waals surface area contributed by atoms with Crippen LogP contribution in [0, 0.1) is 5.92 Å². The Balaban J connectivity index is 1.81. The number of rotatable bonds is 3. The molecule has 1 saturated heterocycles. The molecule has 0 radical (unpaired) electrons. The fourth-order valence-corrected chi connectivity index (χ4v) is 3.33. The van der Waals surface area contributed by atoms with E-state index < -0.39 is 18.1 Å². The summed E-state index contributed by atoms with van der Waals surface area (Å²) in [6, 6.07) is 5.67. The van der Waals surface area contributed by atoms with Gasteiger partial charge in [-0.05, 0) is 29.9 Å². The predicted octanol–water partition coefficient (Wildman–Crippen LogP) is 0.908. The van der Waals surface area contributed by atoms with Crippen molar-refractivity contribution in [3.05, 3.63) is 35.4 Å². The first kappa shape index (κ1) is 15.0. The minimum Gasteiger partial charge on any atom is -0.479 e. The summed E-state index contributed by atoms with van der Waals surface area (Å²) in [5, 5.41) is 9.52. The van der Waals surface area contributed by atoms with Crippen molar-refractivity contribution in [1.82, 2.24) is 4.90 Å². The van der Waals surface area contributed by atoms with Crippen molar-refractivity contribution in [1.29, 1.82) is 0 Å². The average Bonchev–Trinajstić information content (AvgIpc) is 2.94. The van der Waals surface area contributed by atoms with Gasteiger partial charge in [-0.15, -0.1) is 0 Å². The lowest BCUT2D eigenvalue weighted by Crippen LogP contribution is -2.49. The Morgan fingerprint density at radius 1 is 1.27 bits per heavy atom. The molecule has 2 atom stereocenters. The van der Waals surface area contributed by atoms with Gasteiger partial charge in [0, 0.05) is 19.8 Å². The Hall–Kier alpha value is -1.92. The van der Waals surface area contributed by atoms with E-state index in [-0.39, 0.29) is 11.8 Å². The van der Waals surface area contributed by atoms with E-state index >= 15 is 0 Å². The van der Waals surface area contributed by atoms with Crippen molar-refractivity contribution in [3.63, 3.8) is 0 Å². The van der Waals surface area contributed by atoms with E-state index in [1.807, 2.05) is 12.1 Å². The number of ether oxygens (including phenoxy) is 1. The Bertz CT molecular complexity index is 583. The van der Waals surface area contributed by atoms with E-state index in [1.54, 1.807) is 12.1 Å². The summed E-state index contributed by atoms with van der Waals surface area (Å²) in [7, 11) is 0. The zero-order chi connectivity index (χ0) is 15.7. The minimum absolute atomic E-state index is 0.0550. The predicted molar refractivity (Wildman–Crippen MR) is 78.9 cm³/mol. The van der Waals surface area contributed by atoms with Gasteiger partial charge in [0.1, 0.15) is 0 Å². The molecule has 0 spiro atoms. The van der Waals surface area contributed by atoms with Crippen molar-refractivity contribution in [2.24, 2.45) is 11.7 Å². The summed E-state index contributed by atoms with van der Waals surface area (Å²) in [6.07, 6.45) is 1.48. The zero-order valence-corrected chi connectivity index (χ0v) is 12.3. The lowest BCUT2D eigenvalue weighted by molar-refractivity contribution is -0.151. The molecule has 22 heavy (non-hydrogen) atoms. The highest BCUT2D eigenvalue weighted by molar-refractivity contribution is 5.89. The van der Waals surface area contributed by atoms with Gasteiger partial charge in [-0.25, -0.2) is 4.79 Å². The highest BCUT2D eigenvalue weighted by Gasteiger charge is 2.41. The maximum atomic E-state index is 12.7. The second-order valence-electron chi connectivity index (χ2n) is 5.88. The van der Waals surface area contributed by atoms with E-state index in [9.17, 15) is 14.7 Å². The molecule has 1 aromatic rings. The maximum Gasteiger partial charge on any atom is 0.331 e. The van der Waals surface area contributed by atoms with E-state index in [0.29, 0.717) is 25.3 Å². The van der Waals surface area contributed by atoms with Gasteiger partial charge in [0.05, 0.1) is 6.04 Å². The molecular weight excluding hydrogens is 284 g/mol. The van der Waals surface area contributed by atoms with Crippen LogP contribution >= 0.6 is 0 Å². The summed E-state index contributed by atoms with van der Waals surface area (Å²) < 4.78 is 5.29. The van der Waals surface area contributed by atoms with Gasteiger partial charge in [0.2, 0.25) is 5.91 Å². The Labute approximate surface area is 128 Å². The van der Waals surface area contributed by atoms with Crippen LogP contribution in [0.4, 0.5) is 0 Å². The maximum absolute atomic E-state index is 12.7. The minimum atomic E-state index is -1.02. The van der Waals surface area contributed by atoms with E-state index in [1.165, 1.54) is 4.90 Å². The van der Waals surface area contributed by atoms with Crippen LogP contribution in [0.15, 0.2) is 24.3 Å². The van der Waals surface area contributed by atoms with Crippen molar-refractivity contribution in [3.8, 4) is 0 Å². The van der Waals surface area contributed by atoms with Gasteiger partial charge >= 0.3 is 5.97 Å². The van der Waals surface area contributed by atoms with Crippen LogP contribution in [-0.2, 0) is 20.9 Å². The molecule has 6 heteroatoms. The monoisotopic (exact) mass is 304 g/mol. The smallest absolute Gasteiger partial charge is 0.331 e. The second-order valence-corrected chi connectivity index (χ2v) is 5.88. The van der Waals surface area contributed by atoms with Gasteiger partial charge in [0.15, 0.2) is 6.04 Å². The molecule has 0 bridgehead atoms. The van der Waals surface area contributed by atoms with Crippen molar-refractivity contribution in [2.75, 3.05) is 13.2 Å². The van der Waals surface area contributed by atoms with Gasteiger partial charge < -0.3 is 20.5 Å². The van der Waals surface area contributed by atoms with Crippen LogP contribution in [0.25, 0.3) is 0 Å². The van der Waals surface area contributed by atoms with Crippen LogP contribution in [0.1, 0.15) is 30.0 Å². The fourth-order valence-electron chi connectivity index (χ4n) is 3.33. The molecular formula is C16H20N2O4. The summed E-state index contributed by atoms with van der Waals surface area (Å²) in [5.74, 6) is -1.24. The number of nitrogens with two attached hydrogens (primary N) is 1. The van der Waals surface area contributed by atoms with Crippen LogP contribution < -0.4 is 5.73 Å². The van der Waals surface area contributed by atoms with Gasteiger partial charge in [0.25, 0.3) is 0 Å². The van der Waals surface area contributed by atoms with Gasteiger partial charge in [-0.2, -0.15) is 0 Å². The number of aliphatic carboxylic acids is 1. The number of hydrogen-bond acceptors (Lipinski definition) is 4. The van der Waals surface area contributed by atoms with Crippen LogP contribution in [0.3, 0.4) is 0 Å². The first-order chi connectivity index (χ1) is 10.6. The number of hydrogen-bond donors (Lipinski definition) is 2. The highest BCUT2D eigenvalue weighted by Crippen LogP contribution is 2.35. The summed E-state index contributed by atoms with van der Waals surface area (Å²) in [5.41, 5.74) is 7.69. The third-order valence-corrected chi connectivity index (χ3v) is 4.58. The Morgan fingerprint density at radius 2 is 1.95 bits per heavy atom. The molecule has 2 aliphatic rings. The highest BCUT2D eigenvalue weighted by atomic mass is 16.5. The van der Waals surface area contributed by atoms with Crippen LogP contribution in [0.5, 0.6) is 0 Å². The lowest BCUT2D eigenvalue weighted by Gasteiger charge is -2.31. The number of fused-ring (bicyclic) bond motifs is 1. The first-order valence-electron chi connectivity index (χ1n) is 7.54. The summed E-state index contributed by atoms with van der Waals surface area (Å²) in [6.45, 7) is 1.52. The molecule has 0 saturated carbocycles. The molecule has 3 rings (SSSR count). The largest absolute Gasteiger partial charge is 0.479 e. The number of carbonyl (C=O) groups is 2. The molecule has 0 unspecified atom stereocenters. The van der Waals surface area contributed by atoms with Crippen LogP contribution in [-0.4, -0.2) is 41.1 Å². The summed E-state index contributed by atoms with van der Waals surface area (Å²) in [4.78, 5) is 25.7. The van der Waals surface area contributed by atoms with Crippen molar-refractivity contribution in [2.45, 2.75) is 31.5 Å². The Morgan fingerprint density at radius 3 is 2.64 bits per heavy atom. The molecule has 118 valence electrons. The van der Waals surface area contributed by atoms with E-state index in [4.69, 9.17) is 10.5 Å². The molecule has 3 N–H and O–H groups in total. The molecule has 0 aliphatic carbocycles. The molecule has 0 aromatic heterocycles. The van der Waals surface area contributed by atoms with Gasteiger partial charge in [-0.1, -0.05) is 24.3 Å². The first-order valence-corrected chi connectivity index (χ1v) is 7.54. The molecule has 1 fully saturated rings. The number of carbonyl (C=O) groups excluding carboxylic acids is 1. The number of carboxylic acid groups (broad SMARTS) is 1. The molecule has 2 heterocycles. The zero-order valence-electron chi connectivity index (χ0n) is 12.3. The normalized spacial score (nSPS) is 23.1. The summed E-state index contributed by atoms with van der Waals surface area (Å²) >= 11 is 0.